The van der Waals surface area contributed by atoms with Crippen molar-refractivity contribution in [3.63, 3.8) is 0 Å². The second-order valence-corrected chi connectivity index (χ2v) is 6.27. The molecule has 1 heterocycles. The molecule has 1 amide bonds. The predicted octanol–water partition coefficient (Wildman–Crippen LogP) is 4.27. The van der Waals surface area contributed by atoms with Gasteiger partial charge in [-0.1, -0.05) is 53.6 Å². The molecule has 0 spiro atoms. The highest BCUT2D eigenvalue weighted by molar-refractivity contribution is 14.1. The SMILES string of the molecule is Cc1cc(C(=O)NCCCCCCI)c2ccccc2n1. The number of pyridine rings is 1. The third-order valence-electron chi connectivity index (χ3n) is 3.43. The highest BCUT2D eigenvalue weighted by atomic mass is 127. The lowest BCUT2D eigenvalue weighted by Crippen LogP contribution is -2.24. The molecule has 1 aromatic carbocycles. The molecule has 0 saturated carbocycles. The molecule has 2 rings (SSSR count). The minimum atomic E-state index is 0.00518. The van der Waals surface area contributed by atoms with E-state index < -0.39 is 0 Å². The van der Waals surface area contributed by atoms with E-state index in [1.165, 1.54) is 23.7 Å². The minimum Gasteiger partial charge on any atom is -0.352 e. The number of unbranched alkanes of at least 4 members (excludes halogenated alkanes) is 3. The van der Waals surface area contributed by atoms with Gasteiger partial charge < -0.3 is 5.32 Å². The fraction of sp³-hybridized carbons (Fsp3) is 0.412. The zero-order chi connectivity index (χ0) is 15.1. The standard InChI is InChI=1S/C17H21IN2O/c1-13-12-15(14-8-4-5-9-16(14)20-13)17(21)19-11-7-3-2-6-10-18/h4-5,8-9,12H,2-3,6-7,10-11H2,1H3,(H,19,21). The van der Waals surface area contributed by atoms with E-state index in [9.17, 15) is 4.79 Å². The van der Waals surface area contributed by atoms with E-state index in [0.29, 0.717) is 0 Å². The summed E-state index contributed by atoms with van der Waals surface area (Å²) in [6.45, 7) is 2.67. The molecule has 0 atom stereocenters. The molecule has 4 heteroatoms. The van der Waals surface area contributed by atoms with Gasteiger partial charge in [-0.25, -0.2) is 0 Å². The lowest BCUT2D eigenvalue weighted by Gasteiger charge is -2.09. The number of aromatic nitrogens is 1. The summed E-state index contributed by atoms with van der Waals surface area (Å²) in [5.74, 6) is 0.00518. The van der Waals surface area contributed by atoms with E-state index in [4.69, 9.17) is 0 Å². The first-order valence-corrected chi connectivity index (χ1v) is 8.95. The lowest BCUT2D eigenvalue weighted by molar-refractivity contribution is 0.0954. The molecular formula is C17H21IN2O. The molecule has 1 N–H and O–H groups in total. The van der Waals surface area contributed by atoms with Gasteiger partial charge in [0.25, 0.3) is 5.91 Å². The van der Waals surface area contributed by atoms with Gasteiger partial charge in [-0.2, -0.15) is 0 Å². The summed E-state index contributed by atoms with van der Waals surface area (Å²) >= 11 is 2.40. The van der Waals surface area contributed by atoms with Gasteiger partial charge >= 0.3 is 0 Å². The van der Waals surface area contributed by atoms with Crippen molar-refractivity contribution in [2.24, 2.45) is 0 Å². The third-order valence-corrected chi connectivity index (χ3v) is 4.20. The highest BCUT2D eigenvalue weighted by Crippen LogP contribution is 2.18. The second-order valence-electron chi connectivity index (χ2n) is 5.19. The summed E-state index contributed by atoms with van der Waals surface area (Å²) < 4.78 is 1.21. The van der Waals surface area contributed by atoms with Crippen molar-refractivity contribution in [1.29, 1.82) is 0 Å². The Morgan fingerprint density at radius 3 is 2.76 bits per heavy atom. The molecule has 2 aromatic rings. The number of halogens is 1. The average molecular weight is 396 g/mol. The normalized spacial score (nSPS) is 10.8. The summed E-state index contributed by atoms with van der Waals surface area (Å²) in [6, 6.07) is 9.66. The van der Waals surface area contributed by atoms with Gasteiger partial charge in [0.1, 0.15) is 0 Å². The average Bonchev–Trinajstić information content (AvgIpc) is 2.49. The fourth-order valence-electron chi connectivity index (χ4n) is 2.37. The van der Waals surface area contributed by atoms with Gasteiger partial charge in [0.2, 0.25) is 0 Å². The molecule has 112 valence electrons. The number of para-hydroxylation sites is 1. The van der Waals surface area contributed by atoms with Crippen LogP contribution in [-0.4, -0.2) is 21.9 Å². The Kier molecular flexibility index (Phi) is 6.42. The quantitative estimate of drug-likeness (QED) is 0.432. The third kappa shape index (κ3) is 4.66. The largest absolute Gasteiger partial charge is 0.352 e. The first kappa shape index (κ1) is 16.2. The number of amides is 1. The zero-order valence-corrected chi connectivity index (χ0v) is 14.5. The number of hydrogen-bond acceptors (Lipinski definition) is 2. The van der Waals surface area contributed by atoms with Gasteiger partial charge in [0, 0.05) is 17.6 Å². The Labute approximate surface area is 139 Å². The molecule has 1 aromatic heterocycles. The summed E-state index contributed by atoms with van der Waals surface area (Å²) in [5.41, 5.74) is 2.48. The van der Waals surface area contributed by atoms with E-state index in [2.05, 4.69) is 32.9 Å². The topological polar surface area (TPSA) is 42.0 Å². The molecule has 0 aliphatic carbocycles. The van der Waals surface area contributed by atoms with Crippen molar-refractivity contribution in [2.75, 3.05) is 11.0 Å². The van der Waals surface area contributed by atoms with E-state index in [1.807, 2.05) is 37.3 Å². The Morgan fingerprint density at radius 2 is 1.95 bits per heavy atom. The van der Waals surface area contributed by atoms with Crippen LogP contribution in [0.15, 0.2) is 30.3 Å². The Balaban J connectivity index is 1.99. The van der Waals surface area contributed by atoms with Gasteiger partial charge in [-0.05, 0) is 36.3 Å². The summed E-state index contributed by atoms with van der Waals surface area (Å²) in [4.78, 5) is 16.8. The van der Waals surface area contributed by atoms with Crippen LogP contribution in [0.5, 0.6) is 0 Å². The number of hydrogen-bond donors (Lipinski definition) is 1. The monoisotopic (exact) mass is 396 g/mol. The Hall–Kier alpha value is -1.17. The van der Waals surface area contributed by atoms with Crippen molar-refractivity contribution in [3.05, 3.63) is 41.6 Å². The highest BCUT2D eigenvalue weighted by Gasteiger charge is 2.10. The van der Waals surface area contributed by atoms with Crippen molar-refractivity contribution in [1.82, 2.24) is 10.3 Å². The number of nitrogens with zero attached hydrogens (tertiary/aromatic N) is 1. The Bertz CT molecular complexity index is 613. The molecule has 21 heavy (non-hydrogen) atoms. The fourth-order valence-corrected chi connectivity index (χ4v) is 2.91. The maximum absolute atomic E-state index is 12.4. The number of fused-ring (bicyclic) bond motifs is 1. The van der Waals surface area contributed by atoms with Crippen molar-refractivity contribution in [2.45, 2.75) is 32.6 Å². The van der Waals surface area contributed by atoms with E-state index in [-0.39, 0.29) is 5.91 Å². The first-order valence-electron chi connectivity index (χ1n) is 7.43. The molecule has 0 radical (unpaired) electrons. The molecule has 0 aliphatic heterocycles. The summed E-state index contributed by atoms with van der Waals surface area (Å²) in [6.07, 6.45) is 4.74. The van der Waals surface area contributed by atoms with Crippen LogP contribution in [0.2, 0.25) is 0 Å². The summed E-state index contributed by atoms with van der Waals surface area (Å²) in [5, 5.41) is 3.95. The minimum absolute atomic E-state index is 0.00518. The molecule has 0 saturated heterocycles. The van der Waals surface area contributed by atoms with Crippen LogP contribution >= 0.6 is 22.6 Å². The smallest absolute Gasteiger partial charge is 0.252 e. The first-order chi connectivity index (χ1) is 10.2. The van der Waals surface area contributed by atoms with Crippen LogP contribution in [-0.2, 0) is 0 Å². The summed E-state index contributed by atoms with van der Waals surface area (Å²) in [7, 11) is 0. The number of carbonyl (C=O) groups is 1. The number of carbonyl (C=O) groups excluding carboxylic acids is 1. The van der Waals surface area contributed by atoms with E-state index >= 15 is 0 Å². The van der Waals surface area contributed by atoms with Crippen LogP contribution in [0.3, 0.4) is 0 Å². The maximum atomic E-state index is 12.4. The second kappa shape index (κ2) is 8.32. The van der Waals surface area contributed by atoms with Gasteiger partial charge in [-0.3, -0.25) is 9.78 Å². The van der Waals surface area contributed by atoms with E-state index in [1.54, 1.807) is 0 Å². The van der Waals surface area contributed by atoms with Gasteiger partial charge in [0.15, 0.2) is 0 Å². The van der Waals surface area contributed by atoms with Crippen LogP contribution < -0.4 is 5.32 Å². The molecule has 0 bridgehead atoms. The number of alkyl halides is 1. The van der Waals surface area contributed by atoms with Crippen LogP contribution in [0.4, 0.5) is 0 Å². The van der Waals surface area contributed by atoms with Gasteiger partial charge in [-0.15, -0.1) is 0 Å². The van der Waals surface area contributed by atoms with Gasteiger partial charge in [0.05, 0.1) is 11.1 Å². The Morgan fingerprint density at radius 1 is 1.19 bits per heavy atom. The number of aryl methyl sites for hydroxylation is 1. The number of rotatable bonds is 7. The lowest BCUT2D eigenvalue weighted by atomic mass is 10.1. The van der Waals surface area contributed by atoms with Crippen molar-refractivity contribution < 1.29 is 4.79 Å². The molecule has 0 unspecified atom stereocenters. The molecule has 3 nitrogen and oxygen atoms in total. The zero-order valence-electron chi connectivity index (χ0n) is 12.4. The van der Waals surface area contributed by atoms with E-state index in [0.717, 1.165) is 35.1 Å². The molecule has 0 fully saturated rings. The van der Waals surface area contributed by atoms with Crippen LogP contribution in [0.25, 0.3) is 10.9 Å². The number of benzene rings is 1. The van der Waals surface area contributed by atoms with Crippen LogP contribution in [0, 0.1) is 6.92 Å². The maximum Gasteiger partial charge on any atom is 0.252 e. The van der Waals surface area contributed by atoms with Crippen molar-refractivity contribution >= 4 is 39.4 Å². The molecular weight excluding hydrogens is 375 g/mol. The number of nitrogens with one attached hydrogen (secondary N) is 1. The van der Waals surface area contributed by atoms with Crippen molar-refractivity contribution in [3.8, 4) is 0 Å². The molecule has 0 aliphatic rings. The predicted molar refractivity (Wildman–Crippen MR) is 96.2 cm³/mol. The van der Waals surface area contributed by atoms with Crippen LogP contribution in [0.1, 0.15) is 41.7 Å².